The SMILES string of the molecule is CC(CCC=O)N1CCNC(c2cc(Cc3ccccc3)c3nc(COc4ccccc4)[nH]c3c2OC(F)(F)F)C1. The Kier molecular flexibility index (Phi) is 8.90. The number of ether oxygens (including phenoxy) is 2. The fourth-order valence-electron chi connectivity index (χ4n) is 5.33. The van der Waals surface area contributed by atoms with Gasteiger partial charge in [0, 0.05) is 43.7 Å². The third-order valence-corrected chi connectivity index (χ3v) is 7.36. The van der Waals surface area contributed by atoms with Gasteiger partial charge in [-0.15, -0.1) is 13.2 Å². The van der Waals surface area contributed by atoms with Gasteiger partial charge in [0.2, 0.25) is 0 Å². The van der Waals surface area contributed by atoms with Crippen molar-refractivity contribution in [2.75, 3.05) is 19.6 Å². The van der Waals surface area contributed by atoms with E-state index in [2.05, 4.69) is 20.2 Å². The number of rotatable bonds is 11. The maximum absolute atomic E-state index is 13.8. The molecule has 3 aromatic carbocycles. The lowest BCUT2D eigenvalue weighted by Crippen LogP contribution is -2.49. The molecule has 2 N–H and O–H groups in total. The van der Waals surface area contributed by atoms with Crippen LogP contribution >= 0.6 is 0 Å². The standard InChI is InChI=1S/C31H33F3N4O3/c1-21(9-8-16-39)38-15-14-35-26(19-38)25-18-23(17-22-10-4-2-5-11-22)28-29(30(25)41-31(32,33)34)37-27(36-28)20-40-24-12-6-3-7-13-24/h2-7,10-13,16,18,21,26,35H,8-9,14-15,17,19-20H2,1H3,(H,36,37). The predicted molar refractivity (Wildman–Crippen MR) is 150 cm³/mol. The van der Waals surface area contributed by atoms with Crippen LogP contribution in [0.3, 0.4) is 0 Å². The zero-order valence-electron chi connectivity index (χ0n) is 22.8. The first-order valence-electron chi connectivity index (χ1n) is 13.7. The molecule has 2 unspecified atom stereocenters. The number of nitrogens with zero attached hydrogens (tertiary/aromatic N) is 2. The molecule has 0 saturated carbocycles. The topological polar surface area (TPSA) is 79.5 Å². The van der Waals surface area contributed by atoms with Crippen LogP contribution in [-0.4, -0.2) is 53.2 Å². The molecular weight excluding hydrogens is 533 g/mol. The number of H-pyrrole nitrogens is 1. The molecule has 7 nitrogen and oxygen atoms in total. The van der Waals surface area contributed by atoms with Gasteiger partial charge in [0.25, 0.3) is 0 Å². The van der Waals surface area contributed by atoms with Crippen molar-refractivity contribution in [2.45, 2.75) is 51.2 Å². The number of alkyl halides is 3. The fraction of sp³-hybridized carbons (Fsp3) is 0.355. The molecule has 2 heterocycles. The Bertz CT molecular complexity index is 1440. The van der Waals surface area contributed by atoms with E-state index < -0.39 is 12.4 Å². The van der Waals surface area contributed by atoms with Gasteiger partial charge in [-0.3, -0.25) is 4.90 Å². The highest BCUT2D eigenvalue weighted by atomic mass is 19.4. The number of aromatic amines is 1. The number of nitrogens with one attached hydrogen (secondary N) is 2. The monoisotopic (exact) mass is 566 g/mol. The molecule has 0 aliphatic carbocycles. The number of aromatic nitrogens is 2. The van der Waals surface area contributed by atoms with Crippen molar-refractivity contribution in [2.24, 2.45) is 0 Å². The van der Waals surface area contributed by atoms with E-state index in [-0.39, 0.29) is 23.9 Å². The predicted octanol–water partition coefficient (Wildman–Crippen LogP) is 5.95. The lowest BCUT2D eigenvalue weighted by Gasteiger charge is -2.38. The van der Waals surface area contributed by atoms with Gasteiger partial charge in [-0.25, -0.2) is 4.98 Å². The van der Waals surface area contributed by atoms with Gasteiger partial charge in [0.15, 0.2) is 5.75 Å². The van der Waals surface area contributed by atoms with Crippen LogP contribution in [0.25, 0.3) is 11.0 Å². The number of fused-ring (bicyclic) bond motifs is 1. The lowest BCUT2D eigenvalue weighted by molar-refractivity contribution is -0.274. The first-order valence-corrected chi connectivity index (χ1v) is 13.7. The number of aldehydes is 1. The maximum Gasteiger partial charge on any atom is 0.573 e. The minimum atomic E-state index is -4.90. The number of halogens is 3. The summed E-state index contributed by atoms with van der Waals surface area (Å²) in [7, 11) is 0. The van der Waals surface area contributed by atoms with Crippen molar-refractivity contribution in [3.05, 3.63) is 89.2 Å². The van der Waals surface area contributed by atoms with Crippen LogP contribution in [0.5, 0.6) is 11.5 Å². The van der Waals surface area contributed by atoms with E-state index in [1.54, 1.807) is 18.2 Å². The van der Waals surface area contributed by atoms with Crippen molar-refractivity contribution in [3.8, 4) is 11.5 Å². The Morgan fingerprint density at radius 2 is 1.85 bits per heavy atom. The second-order valence-corrected chi connectivity index (χ2v) is 10.3. The quantitative estimate of drug-likeness (QED) is 0.219. The maximum atomic E-state index is 13.8. The van der Waals surface area contributed by atoms with Gasteiger partial charge in [-0.2, -0.15) is 0 Å². The molecular formula is C31H33F3N4O3. The van der Waals surface area contributed by atoms with Crippen molar-refractivity contribution >= 4 is 17.3 Å². The number of carbonyl (C=O) groups excluding carboxylic acids is 1. The molecule has 5 rings (SSSR count). The summed E-state index contributed by atoms with van der Waals surface area (Å²) in [5.74, 6) is 0.728. The van der Waals surface area contributed by atoms with Crippen molar-refractivity contribution in [3.63, 3.8) is 0 Å². The molecule has 1 aromatic heterocycles. The van der Waals surface area contributed by atoms with Gasteiger partial charge in [-0.1, -0.05) is 48.5 Å². The zero-order valence-corrected chi connectivity index (χ0v) is 22.8. The minimum Gasteiger partial charge on any atom is -0.486 e. The highest BCUT2D eigenvalue weighted by Gasteiger charge is 2.36. The zero-order chi connectivity index (χ0) is 28.8. The van der Waals surface area contributed by atoms with Crippen LogP contribution in [0.4, 0.5) is 13.2 Å². The number of hydrogen-bond donors (Lipinski definition) is 2. The molecule has 216 valence electrons. The van der Waals surface area contributed by atoms with Gasteiger partial charge >= 0.3 is 6.36 Å². The molecule has 41 heavy (non-hydrogen) atoms. The summed E-state index contributed by atoms with van der Waals surface area (Å²) in [4.78, 5) is 20.9. The second-order valence-electron chi connectivity index (χ2n) is 10.3. The Morgan fingerprint density at radius 3 is 2.56 bits per heavy atom. The molecule has 0 amide bonds. The van der Waals surface area contributed by atoms with Crippen LogP contribution < -0.4 is 14.8 Å². The largest absolute Gasteiger partial charge is 0.573 e. The van der Waals surface area contributed by atoms with E-state index in [1.165, 1.54) is 0 Å². The van der Waals surface area contributed by atoms with Gasteiger partial charge in [-0.05, 0) is 49.1 Å². The third kappa shape index (κ3) is 7.25. The number of hydrogen-bond acceptors (Lipinski definition) is 6. The number of para-hydroxylation sites is 1. The van der Waals surface area contributed by atoms with Crippen LogP contribution in [-0.2, 0) is 17.8 Å². The Morgan fingerprint density at radius 1 is 1.12 bits per heavy atom. The highest BCUT2D eigenvalue weighted by molar-refractivity contribution is 5.87. The first kappa shape index (κ1) is 28.6. The summed E-state index contributed by atoms with van der Waals surface area (Å²) < 4.78 is 52.1. The summed E-state index contributed by atoms with van der Waals surface area (Å²) in [6.07, 6.45) is -2.40. The molecule has 1 aliphatic heterocycles. The normalized spacial score (nSPS) is 16.9. The van der Waals surface area contributed by atoms with Crippen LogP contribution in [0.15, 0.2) is 66.7 Å². The third-order valence-electron chi connectivity index (χ3n) is 7.36. The van der Waals surface area contributed by atoms with E-state index >= 15 is 0 Å². The Balaban J connectivity index is 1.57. The fourth-order valence-corrected chi connectivity index (χ4v) is 5.33. The van der Waals surface area contributed by atoms with Crippen molar-refractivity contribution < 1.29 is 27.4 Å². The van der Waals surface area contributed by atoms with Crippen LogP contribution in [0, 0.1) is 0 Å². The summed E-state index contributed by atoms with van der Waals surface area (Å²) in [5.41, 5.74) is 2.80. The van der Waals surface area contributed by atoms with Crippen LogP contribution in [0.2, 0.25) is 0 Å². The molecule has 0 spiro atoms. The van der Waals surface area contributed by atoms with Gasteiger partial charge in [0.1, 0.15) is 30.0 Å². The molecule has 1 fully saturated rings. The van der Waals surface area contributed by atoms with Crippen LogP contribution in [0.1, 0.15) is 48.3 Å². The minimum absolute atomic E-state index is 0.0496. The molecule has 1 saturated heterocycles. The van der Waals surface area contributed by atoms with Crippen molar-refractivity contribution in [1.29, 1.82) is 0 Å². The number of benzene rings is 3. The Labute approximate surface area is 236 Å². The number of piperazine rings is 1. The Hall–Kier alpha value is -3.89. The molecule has 4 aromatic rings. The first-order chi connectivity index (χ1) is 19.8. The summed E-state index contributed by atoms with van der Waals surface area (Å²) in [6.45, 7) is 3.89. The molecule has 1 aliphatic rings. The number of carbonyl (C=O) groups is 1. The molecule has 2 atom stereocenters. The van der Waals surface area contributed by atoms with E-state index in [4.69, 9.17) is 9.47 Å². The molecule has 0 radical (unpaired) electrons. The molecule has 0 bridgehead atoms. The summed E-state index contributed by atoms with van der Waals surface area (Å²) >= 11 is 0. The molecule has 10 heteroatoms. The smallest absolute Gasteiger partial charge is 0.486 e. The van der Waals surface area contributed by atoms with Gasteiger partial charge in [0.05, 0.1) is 5.52 Å². The van der Waals surface area contributed by atoms with E-state index in [9.17, 15) is 18.0 Å². The van der Waals surface area contributed by atoms with E-state index in [1.807, 2.05) is 55.5 Å². The summed E-state index contributed by atoms with van der Waals surface area (Å²) in [5, 5.41) is 3.39. The van der Waals surface area contributed by atoms with Crippen molar-refractivity contribution in [1.82, 2.24) is 20.2 Å². The van der Waals surface area contributed by atoms with Gasteiger partial charge < -0.3 is 24.6 Å². The van der Waals surface area contributed by atoms with E-state index in [0.29, 0.717) is 55.0 Å². The lowest BCUT2D eigenvalue weighted by atomic mass is 9.95. The van der Waals surface area contributed by atoms with E-state index in [0.717, 1.165) is 24.0 Å². The average Bonchev–Trinajstić information content (AvgIpc) is 3.41. The summed E-state index contributed by atoms with van der Waals surface area (Å²) in [6, 6.07) is 20.4. The second kappa shape index (κ2) is 12.7. The number of imidazole rings is 1. The highest BCUT2D eigenvalue weighted by Crippen LogP contribution is 2.40. The average molecular weight is 567 g/mol.